The Balaban J connectivity index is 1.60. The summed E-state index contributed by atoms with van der Waals surface area (Å²) < 4.78 is 20.9. The number of benzene rings is 1. The van der Waals surface area contributed by atoms with E-state index in [1.807, 2.05) is 0 Å². The number of nitrogens with zero attached hydrogens (tertiary/aromatic N) is 3. The summed E-state index contributed by atoms with van der Waals surface area (Å²) in [5, 5.41) is 2.85. The van der Waals surface area contributed by atoms with E-state index in [1.165, 1.54) is 24.2 Å². The van der Waals surface area contributed by atoms with E-state index in [2.05, 4.69) is 4.98 Å². The van der Waals surface area contributed by atoms with Gasteiger partial charge in [-0.05, 0) is 30.7 Å². The molecule has 2 aliphatic heterocycles. The molecular formula is C19H19N3O6. The lowest BCUT2D eigenvalue weighted by Gasteiger charge is -2.28. The molecule has 0 aliphatic carbocycles. The van der Waals surface area contributed by atoms with E-state index >= 15 is 0 Å². The van der Waals surface area contributed by atoms with Gasteiger partial charge in [0, 0.05) is 24.7 Å². The van der Waals surface area contributed by atoms with Crippen LogP contribution in [0.3, 0.4) is 0 Å². The van der Waals surface area contributed by atoms with Crippen molar-refractivity contribution in [1.82, 2.24) is 15.0 Å². The van der Waals surface area contributed by atoms with Crippen LogP contribution in [0.25, 0.3) is 0 Å². The Bertz CT molecular complexity index is 932. The van der Waals surface area contributed by atoms with Gasteiger partial charge in [-0.1, -0.05) is 0 Å². The summed E-state index contributed by atoms with van der Waals surface area (Å²) in [6, 6.07) is 8.13. The summed E-state index contributed by atoms with van der Waals surface area (Å²) in [6.45, 7) is 0.987. The second kappa shape index (κ2) is 7.26. The summed E-state index contributed by atoms with van der Waals surface area (Å²) in [5.41, 5.74) is 0.678. The molecule has 1 saturated heterocycles. The molecule has 9 nitrogen and oxygen atoms in total. The smallest absolute Gasteiger partial charge is 0.277 e. The van der Waals surface area contributed by atoms with Crippen LogP contribution in [0.4, 0.5) is 0 Å². The van der Waals surface area contributed by atoms with Gasteiger partial charge in [0.05, 0.1) is 14.2 Å². The van der Waals surface area contributed by atoms with Gasteiger partial charge in [-0.15, -0.1) is 0 Å². The Kier molecular flexibility index (Phi) is 4.64. The van der Waals surface area contributed by atoms with E-state index in [1.54, 1.807) is 30.3 Å². The van der Waals surface area contributed by atoms with Gasteiger partial charge >= 0.3 is 0 Å². The Morgan fingerprint density at radius 2 is 1.71 bits per heavy atom. The number of rotatable bonds is 4. The fraction of sp³-hybridized carbons (Fsp3) is 0.316. The van der Waals surface area contributed by atoms with Crippen molar-refractivity contribution in [2.24, 2.45) is 0 Å². The van der Waals surface area contributed by atoms with Gasteiger partial charge in [0.25, 0.3) is 11.8 Å². The minimum absolute atomic E-state index is 0.131. The van der Waals surface area contributed by atoms with Crippen molar-refractivity contribution < 1.29 is 28.5 Å². The molecule has 4 rings (SSSR count). The highest BCUT2D eigenvalue weighted by Crippen LogP contribution is 2.33. The minimum Gasteiger partial charge on any atom is -0.481 e. The monoisotopic (exact) mass is 385 g/mol. The lowest BCUT2D eigenvalue weighted by atomic mass is 10.2. The lowest BCUT2D eigenvalue weighted by molar-refractivity contribution is 0.0183. The molecule has 28 heavy (non-hydrogen) atoms. The van der Waals surface area contributed by atoms with Crippen molar-refractivity contribution in [3.8, 4) is 23.3 Å². The zero-order valence-electron chi connectivity index (χ0n) is 15.5. The summed E-state index contributed by atoms with van der Waals surface area (Å²) in [4.78, 5) is 30.2. The number of hydrogen-bond donors (Lipinski definition) is 0. The Hall–Kier alpha value is -3.49. The molecule has 0 unspecified atom stereocenters. The second-order valence-electron chi connectivity index (χ2n) is 6.19. The number of carbonyl (C=O) groups is 2. The number of pyridine rings is 1. The highest BCUT2D eigenvalue weighted by molar-refractivity contribution is 6.00. The molecular weight excluding hydrogens is 366 g/mol. The Morgan fingerprint density at radius 1 is 0.964 bits per heavy atom. The highest BCUT2D eigenvalue weighted by atomic mass is 16.7. The zero-order valence-corrected chi connectivity index (χ0v) is 15.5. The van der Waals surface area contributed by atoms with Crippen LogP contribution < -0.4 is 18.9 Å². The molecule has 0 radical (unpaired) electrons. The molecule has 146 valence electrons. The van der Waals surface area contributed by atoms with E-state index in [0.29, 0.717) is 42.5 Å². The van der Waals surface area contributed by atoms with Crippen LogP contribution >= 0.6 is 0 Å². The average molecular weight is 385 g/mol. The topological polar surface area (TPSA) is 90.4 Å². The van der Waals surface area contributed by atoms with Crippen LogP contribution in [0.5, 0.6) is 23.3 Å². The number of methoxy groups -OCH3 is 2. The van der Waals surface area contributed by atoms with Crippen molar-refractivity contribution >= 4 is 11.8 Å². The van der Waals surface area contributed by atoms with Crippen LogP contribution in [0.2, 0.25) is 0 Å². The molecule has 2 amide bonds. The molecule has 0 spiro atoms. The first kappa shape index (κ1) is 17.9. The maximum Gasteiger partial charge on any atom is 0.277 e. The highest BCUT2D eigenvalue weighted by Gasteiger charge is 2.34. The molecule has 3 heterocycles. The van der Waals surface area contributed by atoms with E-state index in [4.69, 9.17) is 18.9 Å². The molecule has 9 heteroatoms. The first-order chi connectivity index (χ1) is 13.6. The second-order valence-corrected chi connectivity index (χ2v) is 6.19. The Morgan fingerprint density at radius 3 is 2.46 bits per heavy atom. The van der Waals surface area contributed by atoms with E-state index in [0.717, 1.165) is 0 Å². The van der Waals surface area contributed by atoms with Crippen molar-refractivity contribution in [3.05, 3.63) is 41.5 Å². The largest absolute Gasteiger partial charge is 0.481 e. The maximum absolute atomic E-state index is 13.1. The number of ether oxygens (including phenoxy) is 4. The Labute approximate surface area is 161 Å². The third-order valence-electron chi connectivity index (χ3n) is 4.59. The molecule has 0 N–H and O–H groups in total. The quantitative estimate of drug-likeness (QED) is 0.792. The first-order valence-corrected chi connectivity index (χ1v) is 8.74. The third-order valence-corrected chi connectivity index (χ3v) is 4.59. The van der Waals surface area contributed by atoms with Gasteiger partial charge in [-0.25, -0.2) is 10.0 Å². The zero-order chi connectivity index (χ0) is 19.7. The predicted octanol–water partition coefficient (Wildman–Crippen LogP) is 1.73. The summed E-state index contributed by atoms with van der Waals surface area (Å²) in [7, 11) is 2.91. The van der Waals surface area contributed by atoms with Crippen molar-refractivity contribution in [2.45, 2.75) is 6.42 Å². The summed E-state index contributed by atoms with van der Waals surface area (Å²) in [6.07, 6.45) is 0.675. The molecule has 1 aromatic carbocycles. The predicted molar refractivity (Wildman–Crippen MR) is 96.6 cm³/mol. The number of hydrazine groups is 1. The van der Waals surface area contributed by atoms with Gasteiger partial charge in [-0.2, -0.15) is 4.98 Å². The molecule has 0 bridgehead atoms. The van der Waals surface area contributed by atoms with Crippen molar-refractivity contribution in [3.63, 3.8) is 0 Å². The van der Waals surface area contributed by atoms with Crippen LogP contribution in [-0.4, -0.2) is 60.9 Å². The summed E-state index contributed by atoms with van der Waals surface area (Å²) >= 11 is 0. The molecule has 1 fully saturated rings. The van der Waals surface area contributed by atoms with Crippen LogP contribution in [0, 0.1) is 0 Å². The lowest BCUT2D eigenvalue weighted by Crippen LogP contribution is -2.45. The molecule has 0 saturated carbocycles. The van der Waals surface area contributed by atoms with Gasteiger partial charge in [0.1, 0.15) is 5.56 Å². The number of fused-ring (bicyclic) bond motifs is 1. The number of amides is 2. The average Bonchev–Trinajstić information content (AvgIpc) is 3.40. The standard InChI is InChI=1S/C19H19N3O6/c1-25-16-7-5-13(17(20-16)26-2)19(24)22-9-3-8-21(22)18(23)12-4-6-14-15(10-12)28-11-27-14/h4-7,10H,3,8-9,11H2,1-2H3. The van der Waals surface area contributed by atoms with Crippen LogP contribution in [0.15, 0.2) is 30.3 Å². The first-order valence-electron chi connectivity index (χ1n) is 8.74. The minimum atomic E-state index is -0.362. The van der Waals surface area contributed by atoms with Gasteiger partial charge in [0.15, 0.2) is 11.5 Å². The number of aromatic nitrogens is 1. The fourth-order valence-electron chi connectivity index (χ4n) is 3.21. The SMILES string of the molecule is COc1ccc(C(=O)N2CCCN2C(=O)c2ccc3c(c2)OCO3)c(OC)n1. The third kappa shape index (κ3) is 3.04. The van der Waals surface area contributed by atoms with E-state index in [9.17, 15) is 9.59 Å². The van der Waals surface area contributed by atoms with Crippen LogP contribution in [-0.2, 0) is 0 Å². The molecule has 2 aliphatic rings. The number of hydrogen-bond acceptors (Lipinski definition) is 7. The van der Waals surface area contributed by atoms with Crippen LogP contribution in [0.1, 0.15) is 27.1 Å². The maximum atomic E-state index is 13.1. The van der Waals surface area contributed by atoms with E-state index < -0.39 is 0 Å². The molecule has 2 aromatic rings. The van der Waals surface area contributed by atoms with E-state index in [-0.39, 0.29) is 30.1 Å². The van der Waals surface area contributed by atoms with Gasteiger partial charge < -0.3 is 18.9 Å². The summed E-state index contributed by atoms with van der Waals surface area (Å²) in [5.74, 6) is 0.946. The van der Waals surface area contributed by atoms with Gasteiger partial charge in [-0.3, -0.25) is 9.59 Å². The molecule has 1 aromatic heterocycles. The normalized spacial score (nSPS) is 14.9. The van der Waals surface area contributed by atoms with Crippen molar-refractivity contribution in [2.75, 3.05) is 34.1 Å². The fourth-order valence-corrected chi connectivity index (χ4v) is 3.21. The van der Waals surface area contributed by atoms with Gasteiger partial charge in [0.2, 0.25) is 18.6 Å². The van der Waals surface area contributed by atoms with Crippen molar-refractivity contribution in [1.29, 1.82) is 0 Å². The number of carbonyl (C=O) groups excluding carboxylic acids is 2. The molecule has 0 atom stereocenters.